The van der Waals surface area contributed by atoms with Crippen molar-refractivity contribution in [2.24, 2.45) is 0 Å². The molecule has 1 N–H and O–H groups in total. The fourth-order valence-electron chi connectivity index (χ4n) is 1.59. The Kier molecular flexibility index (Phi) is 4.11. The molecule has 0 saturated heterocycles. The molecule has 0 saturated carbocycles. The zero-order valence-corrected chi connectivity index (χ0v) is 10.8. The molecular weight excluding hydrogens is 252 g/mol. The smallest absolute Gasteiger partial charge is 0.358 e. The molecule has 2 heterocycles. The van der Waals surface area contributed by atoms with Crippen LogP contribution in [0.25, 0.3) is 0 Å². The summed E-state index contributed by atoms with van der Waals surface area (Å²) < 4.78 is 4.96. The van der Waals surface area contributed by atoms with Crippen LogP contribution >= 0.6 is 11.3 Å². The fraction of sp³-hybridized carbons (Fsp3) is 0.333. The maximum atomic E-state index is 10.6. The number of likely N-dealkylation sites (N-methyl/N-ethyl adjacent to an activating group) is 1. The van der Waals surface area contributed by atoms with Crippen molar-refractivity contribution in [3.8, 4) is 0 Å². The van der Waals surface area contributed by atoms with E-state index in [0.717, 1.165) is 13.0 Å². The molecule has 5 nitrogen and oxygen atoms in total. The Hall–Kier alpha value is -1.66. The Bertz CT molecular complexity index is 507. The summed E-state index contributed by atoms with van der Waals surface area (Å²) in [6.45, 7) is 1.45. The van der Waals surface area contributed by atoms with Crippen LogP contribution in [0.4, 0.5) is 0 Å². The lowest BCUT2D eigenvalue weighted by molar-refractivity contribution is 0.0685. The summed E-state index contributed by atoms with van der Waals surface area (Å²) in [5, 5.41) is 14.3. The zero-order chi connectivity index (χ0) is 13.0. The van der Waals surface area contributed by atoms with Gasteiger partial charge in [-0.15, -0.1) is 11.3 Å². The molecule has 0 aliphatic carbocycles. The number of aromatic nitrogens is 1. The van der Waals surface area contributed by atoms with Crippen molar-refractivity contribution in [3.05, 3.63) is 39.9 Å². The number of aromatic carboxylic acids is 1. The number of hydrogen-bond donors (Lipinski definition) is 1. The Labute approximate surface area is 109 Å². The molecular formula is C12H14N2O3S. The predicted molar refractivity (Wildman–Crippen MR) is 67.8 cm³/mol. The minimum Gasteiger partial charge on any atom is -0.476 e. The molecule has 18 heavy (non-hydrogen) atoms. The van der Waals surface area contributed by atoms with Crippen molar-refractivity contribution >= 4 is 17.3 Å². The third-order valence-corrected chi connectivity index (χ3v) is 3.46. The second-order valence-corrected chi connectivity index (χ2v) is 5.08. The molecule has 0 aliphatic rings. The SMILES string of the molecule is CN(CCc1cccs1)Cc1cc(C(=O)O)no1. The Balaban J connectivity index is 1.82. The highest BCUT2D eigenvalue weighted by molar-refractivity contribution is 7.09. The second kappa shape index (κ2) is 5.79. The van der Waals surface area contributed by atoms with Gasteiger partial charge in [-0.05, 0) is 24.9 Å². The molecule has 2 aromatic rings. The van der Waals surface area contributed by atoms with Crippen molar-refractivity contribution in [2.75, 3.05) is 13.6 Å². The van der Waals surface area contributed by atoms with Crippen LogP contribution < -0.4 is 0 Å². The normalized spacial score (nSPS) is 11.0. The van der Waals surface area contributed by atoms with Crippen molar-refractivity contribution in [1.29, 1.82) is 0 Å². The number of rotatable bonds is 6. The quantitative estimate of drug-likeness (QED) is 0.867. The summed E-state index contributed by atoms with van der Waals surface area (Å²) in [4.78, 5) is 14.1. The number of carbonyl (C=O) groups is 1. The molecule has 0 amide bonds. The van der Waals surface area contributed by atoms with Crippen LogP contribution in [0.1, 0.15) is 21.1 Å². The summed E-state index contributed by atoms with van der Waals surface area (Å²) in [5.74, 6) is -0.493. The van der Waals surface area contributed by atoms with Crippen LogP contribution in [0.5, 0.6) is 0 Å². The first kappa shape index (κ1) is 12.8. The summed E-state index contributed by atoms with van der Waals surface area (Å²) in [6, 6.07) is 5.61. The topological polar surface area (TPSA) is 66.6 Å². The summed E-state index contributed by atoms with van der Waals surface area (Å²) in [5.41, 5.74) is -0.0448. The number of thiophene rings is 1. The van der Waals surface area contributed by atoms with Crippen LogP contribution in [0.15, 0.2) is 28.1 Å². The van der Waals surface area contributed by atoms with Gasteiger partial charge in [-0.3, -0.25) is 4.90 Å². The Morgan fingerprint density at radius 1 is 1.61 bits per heavy atom. The van der Waals surface area contributed by atoms with Crippen LogP contribution in [0, 0.1) is 0 Å². The molecule has 96 valence electrons. The summed E-state index contributed by atoms with van der Waals surface area (Å²) in [7, 11) is 1.97. The Morgan fingerprint density at radius 3 is 3.06 bits per heavy atom. The molecule has 0 fully saturated rings. The highest BCUT2D eigenvalue weighted by Gasteiger charge is 2.12. The average Bonchev–Trinajstić information content (AvgIpc) is 2.96. The number of nitrogens with zero attached hydrogens (tertiary/aromatic N) is 2. The molecule has 6 heteroatoms. The van der Waals surface area contributed by atoms with E-state index in [1.54, 1.807) is 11.3 Å². The first-order valence-corrected chi connectivity index (χ1v) is 6.43. The number of hydrogen-bond acceptors (Lipinski definition) is 5. The third-order valence-electron chi connectivity index (χ3n) is 2.52. The van der Waals surface area contributed by atoms with E-state index < -0.39 is 5.97 Å². The van der Waals surface area contributed by atoms with E-state index >= 15 is 0 Å². The molecule has 0 atom stereocenters. The Morgan fingerprint density at radius 2 is 2.44 bits per heavy atom. The van der Waals surface area contributed by atoms with E-state index in [1.807, 2.05) is 13.1 Å². The van der Waals surface area contributed by atoms with Crippen molar-refractivity contribution < 1.29 is 14.4 Å². The molecule has 0 spiro atoms. The van der Waals surface area contributed by atoms with Crippen LogP contribution in [-0.4, -0.2) is 34.7 Å². The van der Waals surface area contributed by atoms with E-state index in [0.29, 0.717) is 12.3 Å². The first-order chi connectivity index (χ1) is 8.65. The van der Waals surface area contributed by atoms with Gasteiger partial charge in [0.2, 0.25) is 0 Å². The van der Waals surface area contributed by atoms with Crippen molar-refractivity contribution in [2.45, 2.75) is 13.0 Å². The lowest BCUT2D eigenvalue weighted by Gasteiger charge is -2.13. The zero-order valence-electron chi connectivity index (χ0n) is 10.00. The van der Waals surface area contributed by atoms with Gasteiger partial charge in [-0.2, -0.15) is 0 Å². The monoisotopic (exact) mass is 266 g/mol. The molecule has 0 aromatic carbocycles. The average molecular weight is 266 g/mol. The van der Waals surface area contributed by atoms with E-state index in [1.165, 1.54) is 10.9 Å². The van der Waals surface area contributed by atoms with Gasteiger partial charge in [0, 0.05) is 17.5 Å². The van der Waals surface area contributed by atoms with Crippen molar-refractivity contribution in [1.82, 2.24) is 10.1 Å². The van der Waals surface area contributed by atoms with Crippen molar-refractivity contribution in [3.63, 3.8) is 0 Å². The largest absolute Gasteiger partial charge is 0.476 e. The van der Waals surface area contributed by atoms with E-state index in [4.69, 9.17) is 9.63 Å². The summed E-state index contributed by atoms with van der Waals surface area (Å²) >= 11 is 1.74. The maximum absolute atomic E-state index is 10.6. The molecule has 0 unspecified atom stereocenters. The minimum atomic E-state index is -1.06. The second-order valence-electron chi connectivity index (χ2n) is 4.05. The third kappa shape index (κ3) is 3.41. The van der Waals surface area contributed by atoms with Gasteiger partial charge in [0.15, 0.2) is 11.5 Å². The first-order valence-electron chi connectivity index (χ1n) is 5.55. The maximum Gasteiger partial charge on any atom is 0.358 e. The molecule has 0 radical (unpaired) electrons. The van der Waals surface area contributed by atoms with Gasteiger partial charge >= 0.3 is 5.97 Å². The van der Waals surface area contributed by atoms with Gasteiger partial charge in [-0.25, -0.2) is 4.79 Å². The number of carboxylic acid groups (broad SMARTS) is 1. The van der Waals surface area contributed by atoms with Gasteiger partial charge < -0.3 is 9.63 Å². The van der Waals surface area contributed by atoms with Crippen LogP contribution in [0.3, 0.4) is 0 Å². The van der Waals surface area contributed by atoms with E-state index in [2.05, 4.69) is 21.5 Å². The molecule has 0 aliphatic heterocycles. The number of carboxylic acids is 1. The molecule has 2 aromatic heterocycles. The standard InChI is InChI=1S/C12H14N2O3S/c1-14(5-4-10-3-2-6-18-10)8-9-7-11(12(15)16)13-17-9/h2-3,6-7H,4-5,8H2,1H3,(H,15,16). The molecule has 2 rings (SSSR count). The van der Waals surface area contributed by atoms with E-state index in [-0.39, 0.29) is 5.69 Å². The van der Waals surface area contributed by atoms with Gasteiger partial charge in [0.05, 0.1) is 6.54 Å². The lowest BCUT2D eigenvalue weighted by Crippen LogP contribution is -2.20. The fourth-order valence-corrected chi connectivity index (χ4v) is 2.29. The van der Waals surface area contributed by atoms with Crippen LogP contribution in [-0.2, 0) is 13.0 Å². The van der Waals surface area contributed by atoms with Gasteiger partial charge in [-0.1, -0.05) is 11.2 Å². The molecule has 0 bridgehead atoms. The van der Waals surface area contributed by atoms with Gasteiger partial charge in [0.25, 0.3) is 0 Å². The minimum absolute atomic E-state index is 0.0448. The highest BCUT2D eigenvalue weighted by atomic mass is 32.1. The van der Waals surface area contributed by atoms with E-state index in [9.17, 15) is 4.79 Å². The van der Waals surface area contributed by atoms with Gasteiger partial charge in [0.1, 0.15) is 0 Å². The lowest BCUT2D eigenvalue weighted by atomic mass is 10.3. The predicted octanol–water partition coefficient (Wildman–Crippen LogP) is 2.11. The van der Waals surface area contributed by atoms with Crippen LogP contribution in [0.2, 0.25) is 0 Å². The highest BCUT2D eigenvalue weighted by Crippen LogP contribution is 2.11. The summed E-state index contributed by atoms with van der Waals surface area (Å²) in [6.07, 6.45) is 0.980.